The summed E-state index contributed by atoms with van der Waals surface area (Å²) in [4.78, 5) is 2.37. The quantitative estimate of drug-likeness (QED) is 0.902. The highest BCUT2D eigenvalue weighted by Crippen LogP contribution is 2.36. The second-order valence-corrected chi connectivity index (χ2v) is 6.26. The van der Waals surface area contributed by atoms with Crippen molar-refractivity contribution in [2.24, 2.45) is 0 Å². The molecule has 1 N–H and O–H groups in total. The zero-order valence-corrected chi connectivity index (χ0v) is 12.6. The first kappa shape index (κ1) is 13.7. The number of hydrogen-bond acceptors (Lipinski definition) is 3. The summed E-state index contributed by atoms with van der Waals surface area (Å²) in [6.45, 7) is 3.21. The van der Waals surface area contributed by atoms with Crippen LogP contribution in [0.25, 0.3) is 11.0 Å². The molecule has 20 heavy (non-hydrogen) atoms. The largest absolute Gasteiger partial charge is 0.459 e. The van der Waals surface area contributed by atoms with E-state index in [1.54, 1.807) is 0 Å². The zero-order valence-electron chi connectivity index (χ0n) is 12.6. The van der Waals surface area contributed by atoms with E-state index in [2.05, 4.69) is 49.4 Å². The van der Waals surface area contributed by atoms with Crippen molar-refractivity contribution in [3.63, 3.8) is 0 Å². The molecule has 3 nitrogen and oxygen atoms in total. The van der Waals surface area contributed by atoms with Gasteiger partial charge in [-0.25, -0.2) is 0 Å². The van der Waals surface area contributed by atoms with Crippen LogP contribution in [-0.4, -0.2) is 31.1 Å². The van der Waals surface area contributed by atoms with Crippen molar-refractivity contribution < 1.29 is 4.42 Å². The van der Waals surface area contributed by atoms with Crippen LogP contribution in [0.3, 0.4) is 0 Å². The Morgan fingerprint density at radius 1 is 1.30 bits per heavy atom. The van der Waals surface area contributed by atoms with Gasteiger partial charge in [0.15, 0.2) is 0 Å². The van der Waals surface area contributed by atoms with Gasteiger partial charge >= 0.3 is 0 Å². The van der Waals surface area contributed by atoms with Gasteiger partial charge < -0.3 is 14.6 Å². The number of furan rings is 1. The van der Waals surface area contributed by atoms with E-state index in [9.17, 15) is 0 Å². The van der Waals surface area contributed by atoms with Crippen molar-refractivity contribution in [2.45, 2.75) is 37.8 Å². The average Bonchev–Trinajstić information content (AvgIpc) is 2.80. The third kappa shape index (κ3) is 2.36. The second-order valence-electron chi connectivity index (χ2n) is 6.26. The van der Waals surface area contributed by atoms with Gasteiger partial charge in [0.2, 0.25) is 0 Å². The molecule has 1 aromatic heterocycles. The number of para-hydroxylation sites is 1. The first-order chi connectivity index (χ1) is 9.61. The summed E-state index contributed by atoms with van der Waals surface area (Å²) in [5, 5.41) is 4.83. The van der Waals surface area contributed by atoms with Gasteiger partial charge in [0.1, 0.15) is 11.3 Å². The SMILES string of the molecule is CC(NCC1(N(C)C)CCC1)c1cc2ccccc2o1. The lowest BCUT2D eigenvalue weighted by atomic mass is 9.75. The minimum absolute atomic E-state index is 0.250. The predicted molar refractivity (Wildman–Crippen MR) is 82.9 cm³/mol. The van der Waals surface area contributed by atoms with Gasteiger partial charge in [-0.2, -0.15) is 0 Å². The highest BCUT2D eigenvalue weighted by molar-refractivity contribution is 5.77. The van der Waals surface area contributed by atoms with Gasteiger partial charge in [-0.05, 0) is 52.4 Å². The molecule has 1 aliphatic rings. The van der Waals surface area contributed by atoms with Crippen LogP contribution in [0, 0.1) is 0 Å². The molecule has 3 heteroatoms. The third-order valence-corrected chi connectivity index (χ3v) is 4.84. The van der Waals surface area contributed by atoms with Crippen molar-refractivity contribution in [3.05, 3.63) is 36.1 Å². The van der Waals surface area contributed by atoms with E-state index >= 15 is 0 Å². The number of benzene rings is 1. The van der Waals surface area contributed by atoms with Gasteiger partial charge in [0.25, 0.3) is 0 Å². The third-order valence-electron chi connectivity index (χ3n) is 4.84. The highest BCUT2D eigenvalue weighted by atomic mass is 16.3. The smallest absolute Gasteiger partial charge is 0.134 e. The van der Waals surface area contributed by atoms with Crippen molar-refractivity contribution in [3.8, 4) is 0 Å². The van der Waals surface area contributed by atoms with E-state index in [0.717, 1.165) is 17.9 Å². The van der Waals surface area contributed by atoms with Gasteiger partial charge in [-0.15, -0.1) is 0 Å². The Hall–Kier alpha value is -1.32. The van der Waals surface area contributed by atoms with E-state index < -0.39 is 0 Å². The lowest BCUT2D eigenvalue weighted by Crippen LogP contribution is -2.56. The van der Waals surface area contributed by atoms with Crippen molar-refractivity contribution in [2.75, 3.05) is 20.6 Å². The van der Waals surface area contributed by atoms with E-state index in [1.165, 1.54) is 24.6 Å². The molecule has 108 valence electrons. The van der Waals surface area contributed by atoms with Crippen molar-refractivity contribution in [1.82, 2.24) is 10.2 Å². The first-order valence-corrected chi connectivity index (χ1v) is 7.50. The summed E-state index contributed by atoms with van der Waals surface area (Å²) >= 11 is 0. The van der Waals surface area contributed by atoms with Crippen LogP contribution in [0.5, 0.6) is 0 Å². The number of rotatable bonds is 5. The minimum atomic E-state index is 0.250. The number of hydrogen-bond donors (Lipinski definition) is 1. The molecule has 1 atom stereocenters. The van der Waals surface area contributed by atoms with Crippen LogP contribution in [0.1, 0.15) is 38.0 Å². The molecule has 0 radical (unpaired) electrons. The molecule has 0 saturated heterocycles. The number of nitrogens with zero attached hydrogens (tertiary/aromatic N) is 1. The second kappa shape index (κ2) is 5.23. The molecule has 1 saturated carbocycles. The monoisotopic (exact) mass is 272 g/mol. The van der Waals surface area contributed by atoms with E-state index in [0.29, 0.717) is 5.54 Å². The van der Waals surface area contributed by atoms with Gasteiger partial charge in [-0.3, -0.25) is 0 Å². The molecule has 0 aliphatic heterocycles. The molecule has 1 aromatic carbocycles. The van der Waals surface area contributed by atoms with E-state index in [4.69, 9.17) is 4.42 Å². The molecule has 1 fully saturated rings. The Morgan fingerprint density at radius 2 is 2.05 bits per heavy atom. The zero-order chi connectivity index (χ0) is 14.2. The van der Waals surface area contributed by atoms with Crippen LogP contribution in [0.15, 0.2) is 34.7 Å². The summed E-state index contributed by atoms with van der Waals surface area (Å²) in [5.74, 6) is 1.03. The van der Waals surface area contributed by atoms with Crippen LogP contribution < -0.4 is 5.32 Å². The topological polar surface area (TPSA) is 28.4 Å². The van der Waals surface area contributed by atoms with E-state index in [-0.39, 0.29) is 6.04 Å². The molecule has 1 heterocycles. The Balaban J connectivity index is 1.68. The van der Waals surface area contributed by atoms with Crippen LogP contribution in [0.4, 0.5) is 0 Å². The Bertz CT molecular complexity index is 550. The molecule has 1 unspecified atom stereocenters. The van der Waals surface area contributed by atoms with Gasteiger partial charge in [-0.1, -0.05) is 18.2 Å². The van der Waals surface area contributed by atoms with Crippen molar-refractivity contribution in [1.29, 1.82) is 0 Å². The summed E-state index contributed by atoms with van der Waals surface area (Å²) in [6, 6.07) is 10.6. The predicted octanol–water partition coefficient (Wildman–Crippen LogP) is 3.57. The number of likely N-dealkylation sites (N-methyl/N-ethyl adjacent to an activating group) is 1. The Kier molecular flexibility index (Phi) is 3.57. The molecular formula is C17H24N2O. The Labute approximate surface area is 120 Å². The van der Waals surface area contributed by atoms with Crippen LogP contribution in [0.2, 0.25) is 0 Å². The fourth-order valence-corrected chi connectivity index (χ4v) is 3.03. The fourth-order valence-electron chi connectivity index (χ4n) is 3.03. The average molecular weight is 272 g/mol. The van der Waals surface area contributed by atoms with Gasteiger partial charge in [0.05, 0.1) is 6.04 Å². The standard InChI is InChI=1S/C17H24N2O/c1-13(18-12-17(19(2)3)9-6-10-17)16-11-14-7-4-5-8-15(14)20-16/h4-5,7-8,11,13,18H,6,9-10,12H2,1-3H3. The summed E-state index contributed by atoms with van der Waals surface area (Å²) in [7, 11) is 4.37. The summed E-state index contributed by atoms with van der Waals surface area (Å²) < 4.78 is 5.93. The fraction of sp³-hybridized carbons (Fsp3) is 0.529. The highest BCUT2D eigenvalue weighted by Gasteiger charge is 2.38. The number of nitrogens with one attached hydrogen (secondary N) is 1. The van der Waals surface area contributed by atoms with Crippen LogP contribution >= 0.6 is 0 Å². The normalized spacial score (nSPS) is 19.2. The lowest BCUT2D eigenvalue weighted by molar-refractivity contribution is 0.0570. The summed E-state index contributed by atoms with van der Waals surface area (Å²) in [5.41, 5.74) is 1.32. The lowest BCUT2D eigenvalue weighted by Gasteiger charge is -2.48. The Morgan fingerprint density at radius 3 is 2.65 bits per heavy atom. The molecule has 0 amide bonds. The maximum absolute atomic E-state index is 5.93. The molecule has 1 aliphatic carbocycles. The first-order valence-electron chi connectivity index (χ1n) is 7.50. The summed E-state index contributed by atoms with van der Waals surface area (Å²) in [6.07, 6.45) is 3.93. The maximum atomic E-state index is 5.93. The molecular weight excluding hydrogens is 248 g/mol. The molecule has 3 rings (SSSR count). The van der Waals surface area contributed by atoms with E-state index in [1.807, 2.05) is 12.1 Å². The van der Waals surface area contributed by atoms with Crippen molar-refractivity contribution >= 4 is 11.0 Å². The number of fused-ring (bicyclic) bond motifs is 1. The molecule has 2 aromatic rings. The maximum Gasteiger partial charge on any atom is 0.134 e. The van der Waals surface area contributed by atoms with Gasteiger partial charge in [0, 0.05) is 17.5 Å². The van der Waals surface area contributed by atoms with Crippen LogP contribution in [-0.2, 0) is 0 Å². The molecule has 0 spiro atoms. The minimum Gasteiger partial charge on any atom is -0.459 e. The molecule has 0 bridgehead atoms.